The number of rotatable bonds is 7. The van der Waals surface area contributed by atoms with E-state index >= 15 is 0 Å². The highest BCUT2D eigenvalue weighted by Crippen LogP contribution is 2.25. The van der Waals surface area contributed by atoms with Crippen molar-refractivity contribution in [1.29, 1.82) is 0 Å². The van der Waals surface area contributed by atoms with Gasteiger partial charge in [-0.05, 0) is 6.42 Å². The molecule has 1 aliphatic rings. The zero-order valence-corrected chi connectivity index (χ0v) is 12.7. The summed E-state index contributed by atoms with van der Waals surface area (Å²) in [7, 11) is 1.57. The Morgan fingerprint density at radius 2 is 2.10 bits per heavy atom. The van der Waals surface area contributed by atoms with E-state index in [0.717, 1.165) is 0 Å². The summed E-state index contributed by atoms with van der Waals surface area (Å²) in [5.41, 5.74) is -0.625. The van der Waals surface area contributed by atoms with Crippen molar-refractivity contribution >= 4 is 17.7 Å². The molecule has 1 heterocycles. The molecule has 1 aliphatic heterocycles. The maximum atomic E-state index is 12.0. The molecule has 0 aromatic carbocycles. The van der Waals surface area contributed by atoms with Gasteiger partial charge < -0.3 is 10.1 Å². The van der Waals surface area contributed by atoms with Crippen molar-refractivity contribution in [1.82, 2.24) is 10.2 Å². The number of imide groups is 1. The molecule has 0 aliphatic carbocycles. The number of amides is 3. The second-order valence-electron chi connectivity index (χ2n) is 5.87. The van der Waals surface area contributed by atoms with Crippen molar-refractivity contribution < 1.29 is 19.1 Å². The average Bonchev–Trinajstić information content (AvgIpc) is 2.61. The highest BCUT2D eigenvalue weighted by Gasteiger charge is 2.37. The monoisotopic (exact) mass is 284 g/mol. The van der Waals surface area contributed by atoms with Crippen LogP contribution in [-0.2, 0) is 19.1 Å². The number of nitrogens with zero attached hydrogens (tertiary/aromatic N) is 1. The maximum Gasteiger partial charge on any atom is 0.232 e. The number of methoxy groups -OCH3 is 1. The number of hydrogen-bond acceptors (Lipinski definition) is 4. The van der Waals surface area contributed by atoms with Gasteiger partial charge >= 0.3 is 0 Å². The first-order chi connectivity index (χ1) is 9.29. The van der Waals surface area contributed by atoms with Gasteiger partial charge in [-0.2, -0.15) is 0 Å². The lowest BCUT2D eigenvalue weighted by Crippen LogP contribution is -2.41. The van der Waals surface area contributed by atoms with Crippen LogP contribution in [0.5, 0.6) is 0 Å². The number of likely N-dealkylation sites (tertiary alicyclic amines) is 1. The number of hydrogen-bond donors (Lipinski definition) is 1. The van der Waals surface area contributed by atoms with Crippen LogP contribution in [0, 0.1) is 11.3 Å². The quantitative estimate of drug-likeness (QED) is 0.547. The van der Waals surface area contributed by atoms with E-state index in [4.69, 9.17) is 4.74 Å². The van der Waals surface area contributed by atoms with Crippen LogP contribution in [0.3, 0.4) is 0 Å². The van der Waals surface area contributed by atoms with Gasteiger partial charge in [-0.25, -0.2) is 0 Å². The summed E-state index contributed by atoms with van der Waals surface area (Å²) >= 11 is 0. The second kappa shape index (κ2) is 6.83. The molecule has 0 bridgehead atoms. The summed E-state index contributed by atoms with van der Waals surface area (Å²) in [5, 5.41) is 2.78. The molecule has 1 atom stereocenters. The normalized spacial score (nSPS) is 19.6. The molecule has 0 spiro atoms. The largest absolute Gasteiger partial charge is 0.383 e. The third-order valence-corrected chi connectivity index (χ3v) is 3.64. The Balaban J connectivity index is 2.48. The minimum atomic E-state index is -0.625. The molecule has 114 valence electrons. The van der Waals surface area contributed by atoms with Gasteiger partial charge in [0.25, 0.3) is 0 Å². The fraction of sp³-hybridized carbons (Fsp3) is 0.786. The lowest BCUT2D eigenvalue weighted by Gasteiger charge is -2.26. The van der Waals surface area contributed by atoms with Gasteiger partial charge in [0, 0.05) is 38.0 Å². The molecule has 1 rings (SSSR count). The van der Waals surface area contributed by atoms with Gasteiger partial charge in [0.2, 0.25) is 17.7 Å². The Morgan fingerprint density at radius 3 is 2.60 bits per heavy atom. The van der Waals surface area contributed by atoms with E-state index in [2.05, 4.69) is 5.32 Å². The third-order valence-electron chi connectivity index (χ3n) is 3.64. The summed E-state index contributed by atoms with van der Waals surface area (Å²) in [5.74, 6) is -0.605. The van der Waals surface area contributed by atoms with Gasteiger partial charge in [0.1, 0.15) is 0 Å². The molecule has 1 N–H and O–H groups in total. The predicted molar refractivity (Wildman–Crippen MR) is 73.8 cm³/mol. The Morgan fingerprint density at radius 1 is 1.45 bits per heavy atom. The highest BCUT2D eigenvalue weighted by atomic mass is 16.5. The SMILES string of the molecule is COCCNC(=O)C(C)(C)CCN1C(=O)CC(C)C1=O. The van der Waals surface area contributed by atoms with E-state index < -0.39 is 5.41 Å². The molecule has 6 nitrogen and oxygen atoms in total. The van der Waals surface area contributed by atoms with Gasteiger partial charge in [-0.3, -0.25) is 19.3 Å². The van der Waals surface area contributed by atoms with Crippen molar-refractivity contribution in [3.63, 3.8) is 0 Å². The van der Waals surface area contributed by atoms with Crippen LogP contribution in [0.4, 0.5) is 0 Å². The Bertz CT molecular complexity index is 393. The van der Waals surface area contributed by atoms with Gasteiger partial charge in [-0.15, -0.1) is 0 Å². The first-order valence-electron chi connectivity index (χ1n) is 6.91. The minimum Gasteiger partial charge on any atom is -0.383 e. The zero-order chi connectivity index (χ0) is 15.3. The first-order valence-corrected chi connectivity index (χ1v) is 6.91. The predicted octanol–water partition coefficient (Wildman–Crippen LogP) is 0.560. The summed E-state index contributed by atoms with van der Waals surface area (Å²) in [6, 6.07) is 0. The van der Waals surface area contributed by atoms with Crippen LogP contribution in [0.2, 0.25) is 0 Å². The molecule has 0 aromatic heterocycles. The zero-order valence-electron chi connectivity index (χ0n) is 12.7. The van der Waals surface area contributed by atoms with Crippen LogP contribution in [0.15, 0.2) is 0 Å². The Labute approximate surface area is 119 Å². The number of carbonyl (C=O) groups excluding carboxylic acids is 3. The van der Waals surface area contributed by atoms with Crippen LogP contribution < -0.4 is 5.32 Å². The van der Waals surface area contributed by atoms with Crippen molar-refractivity contribution in [2.45, 2.75) is 33.6 Å². The van der Waals surface area contributed by atoms with Gasteiger partial charge in [0.15, 0.2) is 0 Å². The highest BCUT2D eigenvalue weighted by molar-refractivity contribution is 6.03. The van der Waals surface area contributed by atoms with Crippen molar-refractivity contribution in [3.8, 4) is 0 Å². The molecule has 1 saturated heterocycles. The van der Waals surface area contributed by atoms with E-state index in [1.54, 1.807) is 14.0 Å². The molecule has 0 radical (unpaired) electrons. The van der Waals surface area contributed by atoms with E-state index in [-0.39, 0.29) is 30.1 Å². The summed E-state index contributed by atoms with van der Waals surface area (Å²) in [4.78, 5) is 36.8. The summed E-state index contributed by atoms with van der Waals surface area (Å²) in [6.07, 6.45) is 0.731. The molecule has 1 unspecified atom stereocenters. The van der Waals surface area contributed by atoms with Crippen LogP contribution in [-0.4, -0.2) is 49.4 Å². The van der Waals surface area contributed by atoms with E-state index in [1.807, 2.05) is 13.8 Å². The molecular formula is C14H24N2O4. The number of ether oxygens (including phenoxy) is 1. The van der Waals surface area contributed by atoms with E-state index in [9.17, 15) is 14.4 Å². The van der Waals surface area contributed by atoms with E-state index in [0.29, 0.717) is 26.1 Å². The molecule has 1 fully saturated rings. The third kappa shape index (κ3) is 4.03. The van der Waals surface area contributed by atoms with Crippen molar-refractivity contribution in [2.24, 2.45) is 11.3 Å². The molecule has 0 aromatic rings. The molecule has 0 saturated carbocycles. The second-order valence-corrected chi connectivity index (χ2v) is 5.87. The molecule has 3 amide bonds. The Hall–Kier alpha value is -1.43. The number of nitrogens with one attached hydrogen (secondary N) is 1. The van der Waals surface area contributed by atoms with Crippen molar-refractivity contribution in [3.05, 3.63) is 0 Å². The summed E-state index contributed by atoms with van der Waals surface area (Å²) in [6.45, 7) is 6.59. The van der Waals surface area contributed by atoms with Gasteiger partial charge in [0.05, 0.1) is 6.61 Å². The van der Waals surface area contributed by atoms with E-state index in [1.165, 1.54) is 4.90 Å². The number of carbonyl (C=O) groups is 3. The van der Waals surface area contributed by atoms with Crippen LogP contribution in [0.1, 0.15) is 33.6 Å². The lowest BCUT2D eigenvalue weighted by atomic mass is 9.88. The smallest absolute Gasteiger partial charge is 0.232 e. The van der Waals surface area contributed by atoms with Crippen LogP contribution >= 0.6 is 0 Å². The molecule has 6 heteroatoms. The lowest BCUT2D eigenvalue weighted by molar-refractivity contribution is -0.141. The Kier molecular flexibility index (Phi) is 5.68. The fourth-order valence-electron chi connectivity index (χ4n) is 2.09. The summed E-state index contributed by atoms with van der Waals surface area (Å²) < 4.78 is 4.87. The first kappa shape index (κ1) is 16.6. The molecular weight excluding hydrogens is 260 g/mol. The topological polar surface area (TPSA) is 75.7 Å². The standard InChI is InChI=1S/C14H24N2O4/c1-10-9-11(17)16(12(10)18)7-5-14(2,3)13(19)15-6-8-20-4/h10H,5-9H2,1-4H3,(H,15,19). The molecule has 20 heavy (non-hydrogen) atoms. The fourth-order valence-corrected chi connectivity index (χ4v) is 2.09. The van der Waals surface area contributed by atoms with Crippen LogP contribution in [0.25, 0.3) is 0 Å². The minimum absolute atomic E-state index is 0.0957. The van der Waals surface area contributed by atoms with Gasteiger partial charge in [-0.1, -0.05) is 20.8 Å². The maximum absolute atomic E-state index is 12.0. The average molecular weight is 284 g/mol. The van der Waals surface area contributed by atoms with Crippen molar-refractivity contribution in [2.75, 3.05) is 26.8 Å².